The molecule has 1 aromatic carbocycles. The molecule has 1 unspecified atom stereocenters. The summed E-state index contributed by atoms with van der Waals surface area (Å²) in [6.45, 7) is 1.99. The van der Waals surface area contributed by atoms with Gasteiger partial charge >= 0.3 is 0 Å². The zero-order chi connectivity index (χ0) is 8.65. The van der Waals surface area contributed by atoms with E-state index in [0.717, 1.165) is 18.8 Å². The van der Waals surface area contributed by atoms with E-state index in [-0.39, 0.29) is 9.90 Å². The Bertz CT molecular complexity index is 230. The van der Waals surface area contributed by atoms with Gasteiger partial charge < -0.3 is 11.1 Å². The molecule has 1 aliphatic heterocycles. The number of hydrogen-bond donors (Lipinski definition) is 2. The van der Waals surface area contributed by atoms with Crippen molar-refractivity contribution in [2.45, 2.75) is 0 Å². The Kier molecular flexibility index (Phi) is 6.93. The fourth-order valence-electron chi connectivity index (χ4n) is 0.776. The zero-order valence-electron chi connectivity index (χ0n) is 7.61. The molecule has 3 nitrogen and oxygen atoms in total. The van der Waals surface area contributed by atoms with E-state index in [0.29, 0.717) is 0 Å². The molecule has 4 heteroatoms. The molecule has 1 aliphatic rings. The minimum atomic E-state index is 0. The summed E-state index contributed by atoms with van der Waals surface area (Å²) in [5, 5.41) is 2.93. The average molecular weight is 197 g/mol. The quantitative estimate of drug-likeness (QED) is 0.480. The van der Waals surface area contributed by atoms with Gasteiger partial charge in [-0.15, -0.1) is 0 Å². The number of nitrogens with zero attached hydrogens (tertiary/aromatic N) is 1. The summed E-state index contributed by atoms with van der Waals surface area (Å²) in [6.07, 6.45) is 1.74. The number of anilines is 1. The van der Waals surface area contributed by atoms with Crippen molar-refractivity contribution in [3.63, 3.8) is 0 Å². The number of nitrogen functional groups attached to an aromatic ring is 1. The number of rotatable bonds is 0. The van der Waals surface area contributed by atoms with E-state index >= 15 is 0 Å². The Morgan fingerprint density at radius 3 is 2.15 bits per heavy atom. The van der Waals surface area contributed by atoms with Crippen molar-refractivity contribution in [2.24, 2.45) is 4.99 Å². The molecule has 72 valence electrons. The van der Waals surface area contributed by atoms with Gasteiger partial charge in [-0.2, -0.15) is 9.90 Å². The van der Waals surface area contributed by atoms with Crippen LogP contribution < -0.4 is 11.1 Å². The summed E-state index contributed by atoms with van der Waals surface area (Å²) < 4.78 is 0. The van der Waals surface area contributed by atoms with Gasteiger partial charge in [0.25, 0.3) is 0 Å². The van der Waals surface area contributed by atoms with Crippen LogP contribution in [0.4, 0.5) is 5.69 Å². The van der Waals surface area contributed by atoms with E-state index in [1.807, 2.05) is 30.3 Å². The maximum Gasteiger partial charge on any atom is 0.0825 e. The normalized spacial score (nSPS) is 12.0. The molecular weight excluding hydrogens is 181 g/mol. The predicted octanol–water partition coefficient (Wildman–Crippen LogP) is 0.945. The van der Waals surface area contributed by atoms with E-state index in [4.69, 9.17) is 5.73 Å². The Morgan fingerprint density at radius 2 is 1.92 bits per heavy atom. The summed E-state index contributed by atoms with van der Waals surface area (Å²) in [4.78, 5) is 3.85. The minimum absolute atomic E-state index is 0. The summed E-state index contributed by atoms with van der Waals surface area (Å²) in [7, 11) is 0. The van der Waals surface area contributed by atoms with E-state index in [1.54, 1.807) is 6.34 Å². The molecule has 0 amide bonds. The number of nitrogens with one attached hydrogen (secondary N) is 1. The summed E-state index contributed by atoms with van der Waals surface area (Å²) >= 11 is 0. The minimum Gasteiger partial charge on any atom is -0.399 e. The fourth-order valence-corrected chi connectivity index (χ4v) is 0.776. The molecule has 0 saturated carbocycles. The maximum atomic E-state index is 5.36. The highest BCUT2D eigenvalue weighted by molar-refractivity contribution is 6.92. The van der Waals surface area contributed by atoms with Crippen LogP contribution in [0.3, 0.4) is 0 Å². The second kappa shape index (κ2) is 7.56. The largest absolute Gasteiger partial charge is 0.399 e. The molecule has 0 bridgehead atoms. The third-order valence-corrected chi connectivity index (χ3v) is 1.37. The van der Waals surface area contributed by atoms with Crippen LogP contribution in [0.5, 0.6) is 0 Å². The second-order valence-corrected chi connectivity index (χ2v) is 2.40. The molecule has 0 saturated heterocycles. The molecule has 3 N–H and O–H groups in total. The molecule has 0 radical (unpaired) electrons. The Morgan fingerprint density at radius 1 is 1.23 bits per heavy atom. The number of benzene rings is 1. The molecule has 0 aromatic heterocycles. The van der Waals surface area contributed by atoms with Crippen LogP contribution in [-0.2, 0) is 0 Å². The molecule has 0 fully saturated rings. The van der Waals surface area contributed by atoms with Gasteiger partial charge in [-0.25, -0.2) is 0 Å². The van der Waals surface area contributed by atoms with Crippen molar-refractivity contribution < 1.29 is 0 Å². The fraction of sp³-hybridized carbons (Fsp3) is 0.222. The van der Waals surface area contributed by atoms with Crippen LogP contribution in [-0.4, -0.2) is 19.4 Å². The monoisotopic (exact) mass is 197 g/mol. The van der Waals surface area contributed by atoms with Gasteiger partial charge in [0.15, 0.2) is 0 Å². The maximum absolute atomic E-state index is 5.36. The van der Waals surface area contributed by atoms with Crippen LogP contribution in [0, 0.1) is 0 Å². The van der Waals surface area contributed by atoms with Gasteiger partial charge in [0.2, 0.25) is 0 Å². The molecule has 1 heterocycles. The smallest absolute Gasteiger partial charge is 0.0825 e. The number of nitrogens with two attached hydrogens (primary N) is 1. The predicted molar refractivity (Wildman–Crippen MR) is 63.3 cm³/mol. The van der Waals surface area contributed by atoms with Crippen LogP contribution in [0.1, 0.15) is 0 Å². The van der Waals surface area contributed by atoms with Crippen molar-refractivity contribution in [1.29, 1.82) is 0 Å². The lowest BCUT2D eigenvalue weighted by atomic mass is 10.3. The van der Waals surface area contributed by atoms with Crippen molar-refractivity contribution in [2.75, 3.05) is 18.8 Å². The first kappa shape index (κ1) is 11.9. The van der Waals surface area contributed by atoms with E-state index in [9.17, 15) is 0 Å². The van der Waals surface area contributed by atoms with Gasteiger partial charge in [0.05, 0.1) is 12.9 Å². The third kappa shape index (κ3) is 6.12. The first-order valence-corrected chi connectivity index (χ1v) is 3.92. The standard InChI is InChI=1S/C6H7N.C3H6N2.H3P/c7-6-4-2-1-3-5-6;1-2-5-3-4-1;/h1-5H,7H2;3H,1-2H2,(H,4,5);1H3. The highest BCUT2D eigenvalue weighted by Crippen LogP contribution is 1.95. The second-order valence-electron chi connectivity index (χ2n) is 2.40. The van der Waals surface area contributed by atoms with Crippen LogP contribution >= 0.6 is 9.90 Å². The van der Waals surface area contributed by atoms with Gasteiger partial charge in [-0.1, -0.05) is 18.2 Å². The van der Waals surface area contributed by atoms with Gasteiger partial charge in [-0.05, 0) is 12.1 Å². The summed E-state index contributed by atoms with van der Waals surface area (Å²) in [5.74, 6) is 0. The van der Waals surface area contributed by atoms with Crippen LogP contribution in [0.2, 0.25) is 0 Å². The Labute approximate surface area is 82.1 Å². The molecule has 2 rings (SSSR count). The summed E-state index contributed by atoms with van der Waals surface area (Å²) in [5.41, 5.74) is 6.18. The molecule has 1 atom stereocenters. The first-order valence-electron chi connectivity index (χ1n) is 3.92. The topological polar surface area (TPSA) is 50.4 Å². The number of para-hydroxylation sites is 1. The lowest BCUT2D eigenvalue weighted by Gasteiger charge is -1.83. The van der Waals surface area contributed by atoms with Crippen LogP contribution in [0.25, 0.3) is 0 Å². The number of hydrogen-bond acceptors (Lipinski definition) is 3. The van der Waals surface area contributed by atoms with Crippen molar-refractivity contribution >= 4 is 21.9 Å². The molecule has 0 aliphatic carbocycles. The van der Waals surface area contributed by atoms with Gasteiger partial charge in [0, 0.05) is 12.2 Å². The van der Waals surface area contributed by atoms with E-state index in [1.165, 1.54) is 0 Å². The highest BCUT2D eigenvalue weighted by atomic mass is 31.0. The highest BCUT2D eigenvalue weighted by Gasteiger charge is 1.82. The SMILES string of the molecule is C1=NCCN1.Nc1ccccc1.P. The molecule has 1 aromatic rings. The van der Waals surface area contributed by atoms with Crippen molar-refractivity contribution in [1.82, 2.24) is 5.32 Å². The lowest BCUT2D eigenvalue weighted by Crippen LogP contribution is -2.04. The Hall–Kier alpha value is -1.08. The first-order chi connectivity index (χ1) is 5.89. The van der Waals surface area contributed by atoms with Crippen molar-refractivity contribution in [3.05, 3.63) is 30.3 Å². The molecule has 0 spiro atoms. The van der Waals surface area contributed by atoms with E-state index in [2.05, 4.69) is 10.3 Å². The van der Waals surface area contributed by atoms with Crippen LogP contribution in [0.15, 0.2) is 35.3 Å². The van der Waals surface area contributed by atoms with E-state index < -0.39 is 0 Å². The molecule has 13 heavy (non-hydrogen) atoms. The lowest BCUT2D eigenvalue weighted by molar-refractivity contribution is 0.965. The van der Waals surface area contributed by atoms with Crippen molar-refractivity contribution in [3.8, 4) is 0 Å². The average Bonchev–Trinajstić information content (AvgIpc) is 2.62. The number of aliphatic imine (C=N–C) groups is 1. The Balaban J connectivity index is 0.000000215. The van der Waals surface area contributed by atoms with Gasteiger partial charge in [-0.3, -0.25) is 4.99 Å². The summed E-state index contributed by atoms with van der Waals surface area (Å²) in [6, 6.07) is 9.49. The zero-order valence-corrected chi connectivity index (χ0v) is 9.02. The third-order valence-electron chi connectivity index (χ3n) is 1.37. The molecular formula is C9H16N3P. The van der Waals surface area contributed by atoms with Gasteiger partial charge in [0.1, 0.15) is 0 Å².